The van der Waals surface area contributed by atoms with E-state index in [1.807, 2.05) is 18.2 Å². The van der Waals surface area contributed by atoms with Crippen LogP contribution < -0.4 is 16.4 Å². The highest BCUT2D eigenvalue weighted by atomic mass is 35.5. The van der Waals surface area contributed by atoms with Crippen molar-refractivity contribution in [2.45, 2.75) is 17.4 Å². The number of nitrogens with one attached hydrogen (secondary N) is 2. The van der Waals surface area contributed by atoms with Crippen LogP contribution >= 0.6 is 23.4 Å². The predicted molar refractivity (Wildman–Crippen MR) is 79.7 cm³/mol. The number of thioether (sulfide) groups is 1. The van der Waals surface area contributed by atoms with Crippen molar-refractivity contribution >= 4 is 35.2 Å². The van der Waals surface area contributed by atoms with Crippen LogP contribution in [-0.2, 0) is 9.59 Å². The zero-order valence-electron chi connectivity index (χ0n) is 10.8. The van der Waals surface area contributed by atoms with Gasteiger partial charge in [-0.3, -0.25) is 9.59 Å². The first-order chi connectivity index (χ1) is 9.60. The van der Waals surface area contributed by atoms with Crippen molar-refractivity contribution in [1.82, 2.24) is 10.6 Å². The van der Waals surface area contributed by atoms with Gasteiger partial charge in [-0.25, -0.2) is 0 Å². The molecule has 4 N–H and O–H groups in total. The number of fused-ring (bicyclic) bond motifs is 1. The number of rotatable bonds is 4. The van der Waals surface area contributed by atoms with Gasteiger partial charge in [-0.05, 0) is 30.2 Å². The first-order valence-corrected chi connectivity index (χ1v) is 7.65. The summed E-state index contributed by atoms with van der Waals surface area (Å²) >= 11 is 7.76. The monoisotopic (exact) mass is 313 g/mol. The van der Waals surface area contributed by atoms with Crippen molar-refractivity contribution in [2.24, 2.45) is 5.73 Å². The molecule has 5 nitrogen and oxygen atoms in total. The Labute approximate surface area is 126 Å². The third kappa shape index (κ3) is 3.88. The number of carbonyl (C=O) groups is 2. The van der Waals surface area contributed by atoms with Crippen LogP contribution in [0.15, 0.2) is 23.1 Å². The fourth-order valence-electron chi connectivity index (χ4n) is 2.01. The lowest BCUT2D eigenvalue weighted by molar-refractivity contribution is -0.125. The van der Waals surface area contributed by atoms with Gasteiger partial charge >= 0.3 is 0 Å². The first kappa shape index (κ1) is 15.2. The topological polar surface area (TPSA) is 84.2 Å². The van der Waals surface area contributed by atoms with Crippen LogP contribution in [0.3, 0.4) is 0 Å². The molecular weight excluding hydrogens is 298 g/mol. The van der Waals surface area contributed by atoms with E-state index in [0.29, 0.717) is 5.02 Å². The smallest absolute Gasteiger partial charge is 0.239 e. The third-order valence-corrected chi connectivity index (χ3v) is 4.34. The molecule has 2 amide bonds. The van der Waals surface area contributed by atoms with Gasteiger partial charge in [-0.2, -0.15) is 0 Å². The van der Waals surface area contributed by atoms with Crippen molar-refractivity contribution in [1.29, 1.82) is 0 Å². The summed E-state index contributed by atoms with van der Waals surface area (Å²) in [6, 6.07) is 5.63. The molecule has 20 heavy (non-hydrogen) atoms. The maximum absolute atomic E-state index is 11.8. The lowest BCUT2D eigenvalue weighted by Gasteiger charge is -2.26. The van der Waals surface area contributed by atoms with Gasteiger partial charge in [0, 0.05) is 15.7 Å². The van der Waals surface area contributed by atoms with Gasteiger partial charge in [0.2, 0.25) is 11.8 Å². The minimum Gasteiger partial charge on any atom is -0.348 e. The molecule has 0 bridgehead atoms. The van der Waals surface area contributed by atoms with E-state index in [1.165, 1.54) is 0 Å². The summed E-state index contributed by atoms with van der Waals surface area (Å²) in [5.41, 5.74) is 6.20. The van der Waals surface area contributed by atoms with Gasteiger partial charge in [-0.15, -0.1) is 11.8 Å². The number of amides is 2. The molecule has 0 radical (unpaired) electrons. The van der Waals surface area contributed by atoms with Crippen molar-refractivity contribution in [3.8, 4) is 0 Å². The van der Waals surface area contributed by atoms with E-state index in [-0.39, 0.29) is 30.9 Å². The van der Waals surface area contributed by atoms with Crippen molar-refractivity contribution in [3.63, 3.8) is 0 Å². The average molecular weight is 314 g/mol. The Kier molecular flexibility index (Phi) is 5.28. The van der Waals surface area contributed by atoms with Gasteiger partial charge in [-0.1, -0.05) is 11.6 Å². The standard InChI is InChI=1S/C13H16ClN3O2S/c14-8-1-2-11-9(5-8)10(3-4-20-11)17-13(19)7-16-12(18)6-15/h1-2,5,10H,3-4,6-7,15H2,(H,16,18)(H,17,19). The maximum Gasteiger partial charge on any atom is 0.239 e. The zero-order chi connectivity index (χ0) is 14.5. The van der Waals surface area contributed by atoms with Crippen LogP contribution in [0.4, 0.5) is 0 Å². The Morgan fingerprint density at radius 2 is 2.20 bits per heavy atom. The zero-order valence-corrected chi connectivity index (χ0v) is 12.4. The second-order valence-electron chi connectivity index (χ2n) is 4.42. The van der Waals surface area contributed by atoms with E-state index in [9.17, 15) is 9.59 Å². The van der Waals surface area contributed by atoms with Gasteiger partial charge in [0.25, 0.3) is 0 Å². The highest BCUT2D eigenvalue weighted by molar-refractivity contribution is 7.99. The summed E-state index contributed by atoms with van der Waals surface area (Å²) in [5, 5.41) is 6.02. The van der Waals surface area contributed by atoms with Gasteiger partial charge < -0.3 is 16.4 Å². The number of hydrogen-bond acceptors (Lipinski definition) is 4. The second-order valence-corrected chi connectivity index (χ2v) is 5.99. The number of benzene rings is 1. The molecule has 0 aliphatic carbocycles. The van der Waals surface area contributed by atoms with E-state index < -0.39 is 0 Å². The number of nitrogens with two attached hydrogens (primary N) is 1. The summed E-state index contributed by atoms with van der Waals surface area (Å²) in [5.74, 6) is 0.367. The fourth-order valence-corrected chi connectivity index (χ4v) is 3.30. The Morgan fingerprint density at radius 3 is 2.95 bits per heavy atom. The predicted octanol–water partition coefficient (Wildman–Crippen LogP) is 1.07. The Bertz CT molecular complexity index is 524. The van der Waals surface area contributed by atoms with Crippen molar-refractivity contribution in [3.05, 3.63) is 28.8 Å². The molecule has 7 heteroatoms. The quantitative estimate of drug-likeness (QED) is 0.776. The number of carbonyl (C=O) groups excluding carboxylic acids is 2. The lowest BCUT2D eigenvalue weighted by atomic mass is 10.0. The minimum absolute atomic E-state index is 0.0599. The minimum atomic E-state index is -0.345. The summed E-state index contributed by atoms with van der Waals surface area (Å²) in [4.78, 5) is 24.0. The normalized spacial score (nSPS) is 17.2. The molecule has 1 aliphatic heterocycles. The molecule has 1 heterocycles. The highest BCUT2D eigenvalue weighted by Gasteiger charge is 2.22. The van der Waals surface area contributed by atoms with Crippen LogP contribution in [0.25, 0.3) is 0 Å². The van der Waals surface area contributed by atoms with Gasteiger partial charge in [0.05, 0.1) is 19.1 Å². The summed E-state index contributed by atoms with van der Waals surface area (Å²) in [6.45, 7) is -0.179. The molecule has 1 aliphatic rings. The molecule has 0 saturated carbocycles. The molecule has 0 saturated heterocycles. The molecule has 1 unspecified atom stereocenters. The number of halogens is 1. The van der Waals surface area contributed by atoms with Crippen LogP contribution in [0.5, 0.6) is 0 Å². The Hall–Kier alpha value is -1.24. The molecule has 2 rings (SSSR count). The van der Waals surface area contributed by atoms with Crippen LogP contribution in [0.2, 0.25) is 5.02 Å². The Balaban J connectivity index is 1.99. The largest absolute Gasteiger partial charge is 0.348 e. The van der Waals surface area contributed by atoms with Crippen LogP contribution in [-0.4, -0.2) is 30.7 Å². The summed E-state index contributed by atoms with van der Waals surface area (Å²) in [6.07, 6.45) is 0.842. The van der Waals surface area contributed by atoms with Gasteiger partial charge in [0.1, 0.15) is 0 Å². The van der Waals surface area contributed by atoms with E-state index >= 15 is 0 Å². The SMILES string of the molecule is NCC(=O)NCC(=O)NC1CCSc2ccc(Cl)cc21. The molecule has 1 atom stereocenters. The van der Waals surface area contributed by atoms with Crippen molar-refractivity contribution in [2.75, 3.05) is 18.8 Å². The van der Waals surface area contributed by atoms with E-state index in [4.69, 9.17) is 17.3 Å². The van der Waals surface area contributed by atoms with E-state index in [2.05, 4.69) is 10.6 Å². The van der Waals surface area contributed by atoms with Crippen LogP contribution in [0, 0.1) is 0 Å². The maximum atomic E-state index is 11.8. The highest BCUT2D eigenvalue weighted by Crippen LogP contribution is 2.37. The number of hydrogen-bond donors (Lipinski definition) is 3. The second kappa shape index (κ2) is 6.97. The van der Waals surface area contributed by atoms with Gasteiger partial charge in [0.15, 0.2) is 0 Å². The summed E-state index contributed by atoms with van der Waals surface area (Å²) < 4.78 is 0. The molecule has 1 aromatic carbocycles. The lowest BCUT2D eigenvalue weighted by Crippen LogP contribution is -2.41. The van der Waals surface area contributed by atoms with Crippen LogP contribution in [0.1, 0.15) is 18.0 Å². The first-order valence-electron chi connectivity index (χ1n) is 6.28. The fraction of sp³-hybridized carbons (Fsp3) is 0.385. The van der Waals surface area contributed by atoms with E-state index in [1.54, 1.807) is 11.8 Å². The molecule has 0 fully saturated rings. The van der Waals surface area contributed by atoms with E-state index in [0.717, 1.165) is 22.6 Å². The average Bonchev–Trinajstić information content (AvgIpc) is 2.45. The molecular formula is C13H16ClN3O2S. The molecule has 0 aromatic heterocycles. The summed E-state index contributed by atoms with van der Waals surface area (Å²) in [7, 11) is 0. The molecule has 108 valence electrons. The Morgan fingerprint density at radius 1 is 1.40 bits per heavy atom. The molecule has 1 aromatic rings. The molecule has 0 spiro atoms. The third-order valence-electron chi connectivity index (χ3n) is 2.98. The van der Waals surface area contributed by atoms with Crippen molar-refractivity contribution < 1.29 is 9.59 Å².